The summed E-state index contributed by atoms with van der Waals surface area (Å²) in [5.74, 6) is -0.178. The number of carbonyl (C=O) groups is 1. The van der Waals surface area contributed by atoms with Gasteiger partial charge in [0, 0.05) is 29.4 Å². The van der Waals surface area contributed by atoms with Crippen LogP contribution < -0.4 is 14.3 Å². The molecular formula is C25H26ClN3O5S2. The largest absolute Gasteiger partial charge is 0.370 e. The number of benzene rings is 3. The van der Waals surface area contributed by atoms with Gasteiger partial charge in [-0.05, 0) is 80.8 Å². The van der Waals surface area contributed by atoms with Gasteiger partial charge in [0.25, 0.3) is 20.0 Å². The summed E-state index contributed by atoms with van der Waals surface area (Å²) in [5.41, 5.74) is 1.33. The first-order valence-corrected chi connectivity index (χ1v) is 14.7. The van der Waals surface area contributed by atoms with Crippen LogP contribution in [0.2, 0.25) is 5.02 Å². The minimum absolute atomic E-state index is 0.0357. The lowest BCUT2D eigenvalue weighted by molar-refractivity contribution is 0.101. The average Bonchev–Trinajstić information content (AvgIpc) is 2.85. The predicted molar refractivity (Wildman–Crippen MR) is 142 cm³/mol. The number of nitrogens with zero attached hydrogens (tertiary/aromatic N) is 1. The van der Waals surface area contributed by atoms with E-state index in [1.54, 1.807) is 36.4 Å². The van der Waals surface area contributed by atoms with Gasteiger partial charge in [0.1, 0.15) is 4.90 Å². The van der Waals surface area contributed by atoms with Crippen molar-refractivity contribution in [2.24, 2.45) is 0 Å². The monoisotopic (exact) mass is 547 g/mol. The highest BCUT2D eigenvalue weighted by Crippen LogP contribution is 2.33. The summed E-state index contributed by atoms with van der Waals surface area (Å²) in [5, 5.41) is 0.472. The number of halogens is 1. The molecule has 0 saturated carbocycles. The molecule has 0 bridgehead atoms. The van der Waals surface area contributed by atoms with E-state index in [0.717, 1.165) is 19.3 Å². The number of sulfonamides is 2. The van der Waals surface area contributed by atoms with Crippen molar-refractivity contribution in [3.05, 3.63) is 77.3 Å². The second-order valence-corrected chi connectivity index (χ2v) is 12.3. The van der Waals surface area contributed by atoms with Gasteiger partial charge in [-0.2, -0.15) is 0 Å². The molecule has 0 aromatic heterocycles. The Hall–Kier alpha value is -3.08. The second-order valence-electron chi connectivity index (χ2n) is 8.53. The van der Waals surface area contributed by atoms with Gasteiger partial charge in [0.2, 0.25) is 0 Å². The molecule has 3 aromatic rings. The van der Waals surface area contributed by atoms with E-state index in [1.165, 1.54) is 37.3 Å². The summed E-state index contributed by atoms with van der Waals surface area (Å²) in [6.45, 7) is 2.81. The van der Waals surface area contributed by atoms with Crippen molar-refractivity contribution in [3.8, 4) is 0 Å². The van der Waals surface area contributed by atoms with Crippen LogP contribution in [0.4, 0.5) is 17.1 Å². The average molecular weight is 548 g/mol. The van der Waals surface area contributed by atoms with Crippen molar-refractivity contribution in [3.63, 3.8) is 0 Å². The van der Waals surface area contributed by atoms with Crippen LogP contribution in [0.15, 0.2) is 76.5 Å². The van der Waals surface area contributed by atoms with Gasteiger partial charge in [-0.15, -0.1) is 0 Å². The first-order valence-electron chi connectivity index (χ1n) is 11.4. The van der Waals surface area contributed by atoms with E-state index in [9.17, 15) is 21.6 Å². The molecule has 1 saturated heterocycles. The van der Waals surface area contributed by atoms with Crippen LogP contribution >= 0.6 is 11.6 Å². The normalized spacial score (nSPS) is 14.3. The number of piperidine rings is 1. The fourth-order valence-corrected chi connectivity index (χ4v) is 6.49. The summed E-state index contributed by atoms with van der Waals surface area (Å²) in [6.07, 6.45) is 2.95. The van der Waals surface area contributed by atoms with Crippen molar-refractivity contribution < 1.29 is 21.6 Å². The molecule has 11 heteroatoms. The number of ketones is 1. The lowest BCUT2D eigenvalue weighted by Gasteiger charge is -2.30. The standard InChI is InChI=1S/C25H26ClN3O5S2/c1-18(30)19-5-12-23(13-6-19)35(31,32)28-22-11-14-24(29-15-3-2-4-16-29)25(17-22)36(33,34)27-21-9-7-20(26)8-10-21/h5-14,17,27-28H,2-4,15-16H2,1H3. The van der Waals surface area contributed by atoms with E-state index in [2.05, 4.69) is 9.44 Å². The van der Waals surface area contributed by atoms with Gasteiger partial charge in [-0.1, -0.05) is 23.7 Å². The fourth-order valence-electron chi connectivity index (χ4n) is 4.00. The zero-order chi connectivity index (χ0) is 25.9. The number of nitrogens with one attached hydrogen (secondary N) is 2. The Bertz CT molecular complexity index is 1470. The minimum atomic E-state index is -4.07. The Kier molecular flexibility index (Phi) is 7.58. The van der Waals surface area contributed by atoms with Gasteiger partial charge in [-0.25, -0.2) is 16.8 Å². The molecule has 8 nitrogen and oxygen atoms in total. The molecule has 0 unspecified atom stereocenters. The molecule has 36 heavy (non-hydrogen) atoms. The quantitative estimate of drug-likeness (QED) is 0.378. The highest BCUT2D eigenvalue weighted by molar-refractivity contribution is 7.93. The molecule has 4 rings (SSSR count). The number of hydrogen-bond acceptors (Lipinski definition) is 6. The summed E-state index contributed by atoms with van der Waals surface area (Å²) < 4.78 is 57.9. The van der Waals surface area contributed by atoms with E-state index in [4.69, 9.17) is 11.6 Å². The molecule has 0 spiro atoms. The number of anilines is 3. The van der Waals surface area contributed by atoms with E-state index in [-0.39, 0.29) is 21.3 Å². The fraction of sp³-hybridized carbons (Fsp3) is 0.240. The van der Waals surface area contributed by atoms with E-state index < -0.39 is 20.0 Å². The number of rotatable bonds is 8. The third-order valence-corrected chi connectivity index (χ3v) is 8.93. The van der Waals surface area contributed by atoms with Crippen LogP contribution in [-0.4, -0.2) is 35.7 Å². The number of carbonyl (C=O) groups excluding carboxylic acids is 1. The van der Waals surface area contributed by atoms with Crippen molar-refractivity contribution in [2.45, 2.75) is 36.0 Å². The third-order valence-electron chi connectivity index (χ3n) is 5.87. The van der Waals surface area contributed by atoms with E-state index in [0.29, 0.717) is 35.1 Å². The van der Waals surface area contributed by atoms with E-state index in [1.807, 2.05) is 4.90 Å². The maximum Gasteiger partial charge on any atom is 0.264 e. The van der Waals surface area contributed by atoms with Gasteiger partial charge in [0.15, 0.2) is 5.78 Å². The molecule has 190 valence electrons. The molecule has 0 amide bonds. The molecule has 2 N–H and O–H groups in total. The first-order chi connectivity index (χ1) is 17.0. The number of hydrogen-bond donors (Lipinski definition) is 2. The van der Waals surface area contributed by atoms with Crippen LogP contribution in [0.25, 0.3) is 0 Å². The first kappa shape index (κ1) is 26.0. The summed E-state index contributed by atoms with van der Waals surface area (Å²) >= 11 is 5.92. The zero-order valence-corrected chi connectivity index (χ0v) is 22.0. The second kappa shape index (κ2) is 10.5. The topological polar surface area (TPSA) is 113 Å². The highest BCUT2D eigenvalue weighted by atomic mass is 35.5. The van der Waals surface area contributed by atoms with Gasteiger partial charge in [0.05, 0.1) is 16.3 Å². The lowest BCUT2D eigenvalue weighted by atomic mass is 10.1. The van der Waals surface area contributed by atoms with Crippen LogP contribution in [0, 0.1) is 0 Å². The molecule has 0 aliphatic carbocycles. The maximum absolute atomic E-state index is 13.5. The van der Waals surface area contributed by atoms with Gasteiger partial charge in [-0.3, -0.25) is 14.2 Å². The third kappa shape index (κ3) is 6.00. The molecule has 1 aliphatic heterocycles. The Labute approximate surface area is 216 Å². The van der Waals surface area contributed by atoms with Crippen molar-refractivity contribution in [1.82, 2.24) is 0 Å². The summed E-state index contributed by atoms with van der Waals surface area (Å²) in [7, 11) is -8.10. The number of Topliss-reactive ketones (excluding diaryl/α,β-unsaturated/α-hetero) is 1. The predicted octanol–water partition coefficient (Wildman–Crippen LogP) is 5.13. The Morgan fingerprint density at radius 3 is 1.97 bits per heavy atom. The molecule has 1 aliphatic rings. The SMILES string of the molecule is CC(=O)c1ccc(S(=O)(=O)Nc2ccc(N3CCCCC3)c(S(=O)(=O)Nc3ccc(Cl)cc3)c2)cc1. The van der Waals surface area contributed by atoms with Crippen molar-refractivity contribution in [1.29, 1.82) is 0 Å². The van der Waals surface area contributed by atoms with Crippen LogP contribution in [0.3, 0.4) is 0 Å². The molecule has 1 fully saturated rings. The van der Waals surface area contributed by atoms with Gasteiger partial charge >= 0.3 is 0 Å². The lowest BCUT2D eigenvalue weighted by Crippen LogP contribution is -2.31. The Morgan fingerprint density at radius 2 is 1.36 bits per heavy atom. The highest BCUT2D eigenvalue weighted by Gasteiger charge is 2.25. The minimum Gasteiger partial charge on any atom is -0.370 e. The molecular weight excluding hydrogens is 522 g/mol. The zero-order valence-electron chi connectivity index (χ0n) is 19.6. The summed E-state index contributed by atoms with van der Waals surface area (Å²) in [4.78, 5) is 13.4. The molecule has 3 aromatic carbocycles. The molecule has 1 heterocycles. The van der Waals surface area contributed by atoms with Crippen LogP contribution in [0.5, 0.6) is 0 Å². The van der Waals surface area contributed by atoms with Crippen LogP contribution in [0.1, 0.15) is 36.5 Å². The van der Waals surface area contributed by atoms with Crippen molar-refractivity contribution in [2.75, 3.05) is 27.4 Å². The Balaban J connectivity index is 1.70. The maximum atomic E-state index is 13.5. The molecule has 0 atom stereocenters. The van der Waals surface area contributed by atoms with Crippen LogP contribution in [-0.2, 0) is 20.0 Å². The van der Waals surface area contributed by atoms with Crippen molar-refractivity contribution >= 4 is 54.5 Å². The summed E-state index contributed by atoms with van der Waals surface area (Å²) in [6, 6.07) is 16.3. The molecule has 0 radical (unpaired) electrons. The smallest absolute Gasteiger partial charge is 0.264 e. The van der Waals surface area contributed by atoms with E-state index >= 15 is 0 Å². The van der Waals surface area contributed by atoms with Gasteiger partial charge < -0.3 is 4.90 Å². The Morgan fingerprint density at radius 1 is 0.778 bits per heavy atom.